The Hall–Kier alpha value is -3.18. The van der Waals surface area contributed by atoms with Crippen molar-refractivity contribution in [1.29, 1.82) is 0 Å². The number of carboxylic acid groups (broad SMARTS) is 1. The van der Waals surface area contributed by atoms with Gasteiger partial charge < -0.3 is 25.6 Å². The highest BCUT2D eigenvalue weighted by Crippen LogP contribution is 2.00. The Labute approximate surface area is 148 Å². The number of amides is 2. The minimum Gasteiger partial charge on any atom is -0.480 e. The Balaban J connectivity index is 2.18. The standard InChI is InChI=1S/C14H21N5O7/c20-12(3-1-2-6-26-19(24)25)16-5-4-13(21)18-11(14(22)23)7-10-8-15-9-17-10/h8-9,11H,1-7H2,(H,15,17)(H,16,20)(H,18,21)(H,22,23)/t11-/m0/s1. The molecule has 0 saturated heterocycles. The maximum atomic E-state index is 11.8. The number of H-pyrrole nitrogens is 1. The predicted molar refractivity (Wildman–Crippen MR) is 86.3 cm³/mol. The van der Waals surface area contributed by atoms with Crippen LogP contribution in [-0.2, 0) is 25.6 Å². The van der Waals surface area contributed by atoms with Gasteiger partial charge in [-0.15, -0.1) is 10.1 Å². The molecule has 0 aromatic carbocycles. The normalized spacial score (nSPS) is 11.4. The maximum absolute atomic E-state index is 11.8. The van der Waals surface area contributed by atoms with Crippen LogP contribution in [0, 0.1) is 10.1 Å². The Morgan fingerprint density at radius 2 is 2.08 bits per heavy atom. The lowest BCUT2D eigenvalue weighted by Gasteiger charge is -2.13. The molecule has 12 heteroatoms. The molecule has 0 aliphatic rings. The van der Waals surface area contributed by atoms with Crippen LogP contribution in [0.15, 0.2) is 12.5 Å². The first-order valence-corrected chi connectivity index (χ1v) is 7.92. The summed E-state index contributed by atoms with van der Waals surface area (Å²) >= 11 is 0. The summed E-state index contributed by atoms with van der Waals surface area (Å²) in [7, 11) is 0. The number of nitrogens with zero attached hydrogens (tertiary/aromatic N) is 2. The molecule has 0 radical (unpaired) electrons. The largest absolute Gasteiger partial charge is 0.480 e. The van der Waals surface area contributed by atoms with Gasteiger partial charge in [-0.25, -0.2) is 9.78 Å². The van der Waals surface area contributed by atoms with Crippen molar-refractivity contribution < 1.29 is 29.4 Å². The van der Waals surface area contributed by atoms with E-state index in [1.54, 1.807) is 6.20 Å². The number of hydrogen-bond donors (Lipinski definition) is 4. The Kier molecular flexibility index (Phi) is 9.14. The van der Waals surface area contributed by atoms with Gasteiger partial charge in [0.05, 0.1) is 18.6 Å². The second-order valence-electron chi connectivity index (χ2n) is 5.34. The number of aromatic amines is 1. The summed E-state index contributed by atoms with van der Waals surface area (Å²) in [5.41, 5.74) is 0.507. The summed E-state index contributed by atoms with van der Waals surface area (Å²) in [6.45, 7) is -0.0138. The van der Waals surface area contributed by atoms with E-state index in [0.29, 0.717) is 18.5 Å². The van der Waals surface area contributed by atoms with Crippen LogP contribution in [0.4, 0.5) is 0 Å². The zero-order valence-electron chi connectivity index (χ0n) is 14.0. The van der Waals surface area contributed by atoms with Crippen LogP contribution < -0.4 is 10.6 Å². The molecule has 2 amide bonds. The molecule has 1 aromatic heterocycles. The molecule has 1 rings (SSSR count). The minimum absolute atomic E-state index is 0.0448. The van der Waals surface area contributed by atoms with Crippen LogP contribution in [0.5, 0.6) is 0 Å². The zero-order chi connectivity index (χ0) is 19.4. The molecule has 0 aliphatic heterocycles. The number of carbonyl (C=O) groups excluding carboxylic acids is 2. The Bertz CT molecular complexity index is 605. The molecule has 0 fully saturated rings. The molecule has 0 spiro atoms. The number of hydrogen-bond acceptors (Lipinski definition) is 7. The summed E-state index contributed by atoms with van der Waals surface area (Å²) in [6.07, 6.45) is 3.86. The van der Waals surface area contributed by atoms with Crippen LogP contribution in [0.1, 0.15) is 31.4 Å². The smallest absolute Gasteiger partial charge is 0.326 e. The van der Waals surface area contributed by atoms with Crippen LogP contribution in [0.3, 0.4) is 0 Å². The van der Waals surface area contributed by atoms with Crippen LogP contribution in [0.2, 0.25) is 0 Å². The van der Waals surface area contributed by atoms with Crippen molar-refractivity contribution in [1.82, 2.24) is 20.6 Å². The van der Waals surface area contributed by atoms with E-state index in [1.807, 2.05) is 0 Å². The maximum Gasteiger partial charge on any atom is 0.326 e. The first-order valence-electron chi connectivity index (χ1n) is 7.92. The van der Waals surface area contributed by atoms with Crippen molar-refractivity contribution in [2.24, 2.45) is 0 Å². The highest BCUT2D eigenvalue weighted by molar-refractivity contribution is 5.84. The van der Waals surface area contributed by atoms with Crippen molar-refractivity contribution in [2.45, 2.75) is 38.1 Å². The quantitative estimate of drug-likeness (QED) is 0.202. The van der Waals surface area contributed by atoms with Crippen molar-refractivity contribution in [2.75, 3.05) is 13.2 Å². The molecule has 144 valence electrons. The van der Waals surface area contributed by atoms with Gasteiger partial charge in [0.15, 0.2) is 0 Å². The van der Waals surface area contributed by atoms with Crippen molar-refractivity contribution in [3.05, 3.63) is 28.3 Å². The lowest BCUT2D eigenvalue weighted by atomic mass is 10.1. The Morgan fingerprint density at radius 1 is 1.31 bits per heavy atom. The molecule has 1 atom stereocenters. The second kappa shape index (κ2) is 11.4. The van der Waals surface area contributed by atoms with Gasteiger partial charge in [0, 0.05) is 32.0 Å². The van der Waals surface area contributed by atoms with Gasteiger partial charge >= 0.3 is 5.97 Å². The van der Waals surface area contributed by atoms with E-state index in [9.17, 15) is 24.5 Å². The van der Waals surface area contributed by atoms with Crippen LogP contribution in [0.25, 0.3) is 0 Å². The number of rotatable bonds is 13. The number of carbonyl (C=O) groups is 3. The Morgan fingerprint density at radius 3 is 2.69 bits per heavy atom. The molecular weight excluding hydrogens is 350 g/mol. The minimum atomic E-state index is -1.18. The summed E-state index contributed by atoms with van der Waals surface area (Å²) in [4.78, 5) is 55.2. The third-order valence-corrected chi connectivity index (χ3v) is 3.27. The SMILES string of the molecule is O=C(CCCCO[N+](=O)[O-])NCCC(=O)N[C@@H](Cc1c[nH]cn1)C(=O)O. The number of nitrogens with one attached hydrogen (secondary N) is 3. The van der Waals surface area contributed by atoms with Crippen LogP contribution in [-0.4, -0.2) is 57.1 Å². The molecule has 1 heterocycles. The van der Waals surface area contributed by atoms with Gasteiger partial charge in [-0.05, 0) is 12.8 Å². The number of aromatic nitrogens is 2. The topological polar surface area (TPSA) is 177 Å². The first kappa shape index (κ1) is 20.9. The molecule has 0 bridgehead atoms. The first-order chi connectivity index (χ1) is 12.4. The summed E-state index contributed by atoms with van der Waals surface area (Å²) in [5, 5.41) is 23.1. The lowest BCUT2D eigenvalue weighted by Crippen LogP contribution is -2.43. The van der Waals surface area contributed by atoms with Crippen molar-refractivity contribution in [3.8, 4) is 0 Å². The number of imidazole rings is 1. The van der Waals surface area contributed by atoms with Gasteiger partial charge in [0.25, 0.3) is 5.09 Å². The van der Waals surface area contributed by atoms with E-state index in [2.05, 4.69) is 25.4 Å². The second-order valence-corrected chi connectivity index (χ2v) is 5.34. The third-order valence-electron chi connectivity index (χ3n) is 3.27. The van der Waals surface area contributed by atoms with Crippen LogP contribution >= 0.6 is 0 Å². The predicted octanol–water partition coefficient (Wildman–Crippen LogP) is -0.593. The molecule has 0 aliphatic carbocycles. The van der Waals surface area contributed by atoms with Gasteiger partial charge in [-0.2, -0.15) is 0 Å². The fourth-order valence-electron chi connectivity index (χ4n) is 2.01. The van der Waals surface area contributed by atoms with Gasteiger partial charge in [0.1, 0.15) is 6.04 Å². The number of aliphatic carboxylic acids is 1. The van der Waals surface area contributed by atoms with E-state index in [1.165, 1.54) is 6.33 Å². The summed E-state index contributed by atoms with van der Waals surface area (Å²) in [6, 6.07) is -1.11. The van der Waals surface area contributed by atoms with Crippen molar-refractivity contribution in [3.63, 3.8) is 0 Å². The molecule has 0 unspecified atom stereocenters. The molecule has 4 N–H and O–H groups in total. The number of carboxylic acids is 1. The van der Waals surface area contributed by atoms with Gasteiger partial charge in [0.2, 0.25) is 11.8 Å². The molecule has 26 heavy (non-hydrogen) atoms. The van der Waals surface area contributed by atoms with Gasteiger partial charge in [-0.3, -0.25) is 9.59 Å². The lowest BCUT2D eigenvalue weighted by molar-refractivity contribution is -0.757. The molecule has 12 nitrogen and oxygen atoms in total. The summed E-state index contributed by atoms with van der Waals surface area (Å²) in [5.74, 6) is -1.99. The average Bonchev–Trinajstić information content (AvgIpc) is 3.06. The van der Waals surface area contributed by atoms with Crippen molar-refractivity contribution >= 4 is 17.8 Å². The fourth-order valence-corrected chi connectivity index (χ4v) is 2.01. The van der Waals surface area contributed by atoms with E-state index in [4.69, 9.17) is 5.11 Å². The van der Waals surface area contributed by atoms with Gasteiger partial charge in [-0.1, -0.05) is 0 Å². The monoisotopic (exact) mass is 371 g/mol. The zero-order valence-corrected chi connectivity index (χ0v) is 14.0. The molecular formula is C14H21N5O7. The highest BCUT2D eigenvalue weighted by Gasteiger charge is 2.21. The highest BCUT2D eigenvalue weighted by atomic mass is 16.9. The van der Waals surface area contributed by atoms with E-state index < -0.39 is 23.0 Å². The van der Waals surface area contributed by atoms with E-state index >= 15 is 0 Å². The average molecular weight is 371 g/mol. The third kappa shape index (κ3) is 9.20. The number of unbranched alkanes of at least 4 members (excludes halogenated alkanes) is 1. The molecule has 1 aromatic rings. The summed E-state index contributed by atoms with van der Waals surface area (Å²) < 4.78 is 0. The molecule has 0 saturated carbocycles. The van der Waals surface area contributed by atoms with E-state index in [-0.39, 0.29) is 38.3 Å². The fraction of sp³-hybridized carbons (Fsp3) is 0.571. The van der Waals surface area contributed by atoms with E-state index in [0.717, 1.165) is 0 Å².